The molecule has 1 atom stereocenters. The Morgan fingerprint density at radius 2 is 1.86 bits per heavy atom. The summed E-state index contributed by atoms with van der Waals surface area (Å²) in [7, 11) is 1.60. The molecule has 7 nitrogen and oxygen atoms in total. The van der Waals surface area contributed by atoms with Crippen molar-refractivity contribution in [2.75, 3.05) is 20.2 Å². The van der Waals surface area contributed by atoms with E-state index in [1.807, 2.05) is 29.2 Å². The van der Waals surface area contributed by atoms with Crippen LogP contribution < -0.4 is 9.47 Å². The van der Waals surface area contributed by atoms with Crippen molar-refractivity contribution in [1.29, 1.82) is 0 Å². The molecule has 148 valence electrons. The lowest BCUT2D eigenvalue weighted by Crippen LogP contribution is -2.39. The van der Waals surface area contributed by atoms with Gasteiger partial charge in [-0.25, -0.2) is 4.98 Å². The van der Waals surface area contributed by atoms with Gasteiger partial charge < -0.3 is 14.4 Å². The molecule has 0 spiro atoms. The molecule has 1 aromatic carbocycles. The van der Waals surface area contributed by atoms with Crippen LogP contribution in [-0.2, 0) is 0 Å². The second-order valence-electron chi connectivity index (χ2n) is 6.86. The topological polar surface area (TPSA) is 77.4 Å². The van der Waals surface area contributed by atoms with Gasteiger partial charge in [-0.15, -0.1) is 0 Å². The van der Waals surface area contributed by atoms with Crippen LogP contribution in [0.25, 0.3) is 0 Å². The molecule has 1 saturated heterocycles. The Morgan fingerprint density at radius 3 is 2.66 bits per heavy atom. The number of likely N-dealkylation sites (tertiary alicyclic amines) is 1. The number of amides is 1. The van der Waals surface area contributed by atoms with Crippen molar-refractivity contribution in [1.82, 2.24) is 19.9 Å². The van der Waals surface area contributed by atoms with E-state index in [0.29, 0.717) is 29.5 Å². The molecule has 0 N–H and O–H groups in total. The highest BCUT2D eigenvalue weighted by Gasteiger charge is 2.27. The SMILES string of the molecule is COc1ccccc1Oc1cncc([C@@H]2CCCN(C(=O)c3ccncc3)C2)n1. The van der Waals surface area contributed by atoms with E-state index in [4.69, 9.17) is 9.47 Å². The predicted octanol–water partition coefficient (Wildman–Crippen LogP) is 3.69. The summed E-state index contributed by atoms with van der Waals surface area (Å²) in [6.07, 6.45) is 8.48. The summed E-state index contributed by atoms with van der Waals surface area (Å²) in [4.78, 5) is 27.6. The highest BCUT2D eigenvalue weighted by Crippen LogP contribution is 2.31. The van der Waals surface area contributed by atoms with E-state index < -0.39 is 0 Å². The Hall–Kier alpha value is -3.48. The monoisotopic (exact) mass is 390 g/mol. The number of hydrogen-bond donors (Lipinski definition) is 0. The average Bonchev–Trinajstić information content (AvgIpc) is 2.80. The van der Waals surface area contributed by atoms with Crippen LogP contribution >= 0.6 is 0 Å². The molecule has 1 aliphatic rings. The number of nitrogens with zero attached hydrogens (tertiary/aromatic N) is 4. The largest absolute Gasteiger partial charge is 0.493 e. The zero-order chi connectivity index (χ0) is 20.1. The summed E-state index contributed by atoms with van der Waals surface area (Å²) in [5.74, 6) is 1.76. The minimum absolute atomic E-state index is 0.0199. The van der Waals surface area contributed by atoms with Crippen LogP contribution in [0.3, 0.4) is 0 Å². The number of aromatic nitrogens is 3. The molecule has 4 rings (SSSR count). The Kier molecular flexibility index (Phi) is 5.65. The molecule has 0 unspecified atom stereocenters. The van der Waals surface area contributed by atoms with Gasteiger partial charge in [0.15, 0.2) is 11.5 Å². The average molecular weight is 390 g/mol. The lowest BCUT2D eigenvalue weighted by Gasteiger charge is -2.32. The fourth-order valence-corrected chi connectivity index (χ4v) is 3.50. The second-order valence-corrected chi connectivity index (χ2v) is 6.86. The molecule has 0 bridgehead atoms. The third-order valence-electron chi connectivity index (χ3n) is 4.97. The standard InChI is InChI=1S/C22H22N4O3/c1-28-19-6-2-3-7-20(19)29-21-14-24-13-18(25-21)17-5-4-12-26(15-17)22(27)16-8-10-23-11-9-16/h2-3,6-11,13-14,17H,4-5,12,15H2,1H3/t17-/m1/s1. The van der Waals surface area contributed by atoms with Gasteiger partial charge in [-0.1, -0.05) is 12.1 Å². The van der Waals surface area contributed by atoms with Gasteiger partial charge in [0.2, 0.25) is 5.88 Å². The molecule has 29 heavy (non-hydrogen) atoms. The molecule has 0 saturated carbocycles. The van der Waals surface area contributed by atoms with E-state index in [1.165, 1.54) is 0 Å². The minimum atomic E-state index is 0.0199. The quantitative estimate of drug-likeness (QED) is 0.661. The van der Waals surface area contributed by atoms with Gasteiger partial charge in [0, 0.05) is 43.2 Å². The van der Waals surface area contributed by atoms with Crippen molar-refractivity contribution in [2.24, 2.45) is 0 Å². The van der Waals surface area contributed by atoms with Crippen LogP contribution in [0, 0.1) is 0 Å². The molecular weight excluding hydrogens is 368 g/mol. The molecule has 1 amide bonds. The number of hydrogen-bond acceptors (Lipinski definition) is 6. The maximum atomic E-state index is 12.8. The normalized spacial score (nSPS) is 16.3. The molecular formula is C22H22N4O3. The zero-order valence-corrected chi connectivity index (χ0v) is 16.2. The van der Waals surface area contributed by atoms with Crippen molar-refractivity contribution in [2.45, 2.75) is 18.8 Å². The number of benzene rings is 1. The first-order valence-electron chi connectivity index (χ1n) is 9.56. The van der Waals surface area contributed by atoms with Crippen LogP contribution in [0.2, 0.25) is 0 Å². The zero-order valence-electron chi connectivity index (χ0n) is 16.2. The summed E-state index contributed by atoms with van der Waals surface area (Å²) in [6, 6.07) is 10.9. The number of carbonyl (C=O) groups is 1. The highest BCUT2D eigenvalue weighted by atomic mass is 16.5. The van der Waals surface area contributed by atoms with E-state index >= 15 is 0 Å². The van der Waals surface area contributed by atoms with Crippen molar-refractivity contribution >= 4 is 5.91 Å². The van der Waals surface area contributed by atoms with Crippen LogP contribution in [-0.4, -0.2) is 46.0 Å². The number of ether oxygens (including phenoxy) is 2. The molecule has 3 heterocycles. The fourth-order valence-electron chi connectivity index (χ4n) is 3.50. The van der Waals surface area contributed by atoms with Crippen molar-refractivity contribution in [3.63, 3.8) is 0 Å². The predicted molar refractivity (Wildman–Crippen MR) is 107 cm³/mol. The number of piperidine rings is 1. The number of methoxy groups -OCH3 is 1. The Labute approximate surface area is 169 Å². The molecule has 1 aliphatic heterocycles. The van der Waals surface area contributed by atoms with Crippen LogP contribution in [0.5, 0.6) is 17.4 Å². The first-order chi connectivity index (χ1) is 14.2. The number of carbonyl (C=O) groups excluding carboxylic acids is 1. The summed E-state index contributed by atoms with van der Waals surface area (Å²) in [5.41, 5.74) is 1.48. The van der Waals surface area contributed by atoms with E-state index in [0.717, 1.165) is 25.1 Å². The van der Waals surface area contributed by atoms with Crippen molar-refractivity contribution < 1.29 is 14.3 Å². The number of pyridine rings is 1. The first kappa shape index (κ1) is 18.9. The maximum Gasteiger partial charge on any atom is 0.253 e. The molecule has 0 aliphatic carbocycles. The van der Waals surface area contributed by atoms with Gasteiger partial charge in [-0.3, -0.25) is 14.8 Å². The summed E-state index contributed by atoms with van der Waals surface area (Å²) >= 11 is 0. The Morgan fingerprint density at radius 1 is 1.07 bits per heavy atom. The number of rotatable bonds is 5. The van der Waals surface area contributed by atoms with E-state index in [2.05, 4.69) is 15.0 Å². The Balaban J connectivity index is 1.50. The van der Waals surface area contributed by atoms with E-state index in [1.54, 1.807) is 44.0 Å². The molecule has 1 fully saturated rings. The van der Waals surface area contributed by atoms with Gasteiger partial charge in [-0.05, 0) is 37.1 Å². The summed E-state index contributed by atoms with van der Waals surface area (Å²) in [5, 5.41) is 0. The minimum Gasteiger partial charge on any atom is -0.493 e. The molecule has 3 aromatic rings. The third kappa shape index (κ3) is 4.34. The summed E-state index contributed by atoms with van der Waals surface area (Å²) in [6.45, 7) is 1.34. The van der Waals surface area contributed by atoms with Crippen molar-refractivity contribution in [3.8, 4) is 17.4 Å². The van der Waals surface area contributed by atoms with Crippen LogP contribution in [0.4, 0.5) is 0 Å². The molecule has 7 heteroatoms. The fraction of sp³-hybridized carbons (Fsp3) is 0.273. The lowest BCUT2D eigenvalue weighted by atomic mass is 9.94. The second kappa shape index (κ2) is 8.68. The van der Waals surface area contributed by atoms with Crippen LogP contribution in [0.15, 0.2) is 61.2 Å². The smallest absolute Gasteiger partial charge is 0.253 e. The van der Waals surface area contributed by atoms with Crippen molar-refractivity contribution in [3.05, 3.63) is 72.4 Å². The van der Waals surface area contributed by atoms with E-state index in [-0.39, 0.29) is 11.8 Å². The molecule has 2 aromatic heterocycles. The van der Waals surface area contributed by atoms with Crippen LogP contribution in [0.1, 0.15) is 34.8 Å². The lowest BCUT2D eigenvalue weighted by molar-refractivity contribution is 0.0705. The maximum absolute atomic E-state index is 12.8. The van der Waals surface area contributed by atoms with Gasteiger partial charge in [0.25, 0.3) is 5.91 Å². The summed E-state index contributed by atoms with van der Waals surface area (Å²) < 4.78 is 11.2. The van der Waals surface area contributed by atoms with Gasteiger partial charge >= 0.3 is 0 Å². The van der Waals surface area contributed by atoms with Gasteiger partial charge in [-0.2, -0.15) is 0 Å². The van der Waals surface area contributed by atoms with Gasteiger partial charge in [0.1, 0.15) is 0 Å². The number of para-hydroxylation sites is 2. The highest BCUT2D eigenvalue weighted by molar-refractivity contribution is 5.94. The first-order valence-corrected chi connectivity index (χ1v) is 9.56. The Bertz CT molecular complexity index is 981. The molecule has 0 radical (unpaired) electrons. The van der Waals surface area contributed by atoms with Gasteiger partial charge in [0.05, 0.1) is 19.0 Å². The third-order valence-corrected chi connectivity index (χ3v) is 4.97. The van der Waals surface area contributed by atoms with E-state index in [9.17, 15) is 4.79 Å².